The summed E-state index contributed by atoms with van der Waals surface area (Å²) < 4.78 is 18.2. The molecule has 0 aliphatic carbocycles. The number of unbranched alkanes of at least 4 members (excludes halogenated alkanes) is 1. The van der Waals surface area contributed by atoms with Crippen LogP contribution in [0.15, 0.2) is 29.8 Å². The van der Waals surface area contributed by atoms with E-state index in [1.54, 1.807) is 17.6 Å². The number of halogens is 1. The number of carbonyl (C=O) groups is 1. The van der Waals surface area contributed by atoms with Gasteiger partial charge in [0.25, 0.3) is 5.91 Å². The predicted octanol–water partition coefficient (Wildman–Crippen LogP) is 3.18. The summed E-state index contributed by atoms with van der Waals surface area (Å²) in [6.45, 7) is 2.96. The summed E-state index contributed by atoms with van der Waals surface area (Å²) in [5, 5.41) is 2.86. The number of hydrogen-bond donors (Lipinski definition) is 1. The Morgan fingerprint density at radius 2 is 2.10 bits per heavy atom. The summed E-state index contributed by atoms with van der Waals surface area (Å²) in [4.78, 5) is 16.5. The highest BCUT2D eigenvalue weighted by molar-refractivity contribution is 7.11. The van der Waals surface area contributed by atoms with E-state index in [9.17, 15) is 9.18 Å². The fraction of sp³-hybridized carbons (Fsp3) is 0.333. The molecular formula is C15H17FN2O2S. The highest BCUT2D eigenvalue weighted by Crippen LogP contribution is 2.12. The van der Waals surface area contributed by atoms with Crippen LogP contribution in [0.5, 0.6) is 5.75 Å². The van der Waals surface area contributed by atoms with Gasteiger partial charge in [0.15, 0.2) is 0 Å². The van der Waals surface area contributed by atoms with Gasteiger partial charge in [-0.25, -0.2) is 9.37 Å². The van der Waals surface area contributed by atoms with Crippen molar-refractivity contribution >= 4 is 17.2 Å². The van der Waals surface area contributed by atoms with Crippen molar-refractivity contribution in [3.63, 3.8) is 0 Å². The first-order valence-electron chi connectivity index (χ1n) is 6.73. The van der Waals surface area contributed by atoms with Crippen molar-refractivity contribution in [2.45, 2.75) is 19.8 Å². The zero-order valence-electron chi connectivity index (χ0n) is 11.8. The van der Waals surface area contributed by atoms with Gasteiger partial charge in [0, 0.05) is 6.54 Å². The lowest BCUT2D eigenvalue weighted by atomic mass is 10.3. The molecule has 0 unspecified atom stereocenters. The second-order valence-electron chi connectivity index (χ2n) is 4.53. The monoisotopic (exact) mass is 308 g/mol. The maximum atomic E-state index is 12.7. The van der Waals surface area contributed by atoms with E-state index in [1.165, 1.54) is 23.5 Å². The molecule has 6 heteroatoms. The molecule has 0 fully saturated rings. The number of aryl methyl sites for hydroxylation is 1. The molecule has 0 bridgehead atoms. The van der Waals surface area contributed by atoms with Gasteiger partial charge in [0.1, 0.15) is 16.4 Å². The van der Waals surface area contributed by atoms with Crippen LogP contribution < -0.4 is 10.1 Å². The molecule has 2 aromatic rings. The summed E-state index contributed by atoms with van der Waals surface area (Å²) >= 11 is 1.35. The van der Waals surface area contributed by atoms with E-state index in [1.807, 2.05) is 6.92 Å². The fourth-order valence-electron chi connectivity index (χ4n) is 1.75. The van der Waals surface area contributed by atoms with Crippen molar-refractivity contribution in [2.75, 3.05) is 13.2 Å². The molecule has 112 valence electrons. The van der Waals surface area contributed by atoms with Gasteiger partial charge in [-0.15, -0.1) is 11.3 Å². The standard InChI is InChI=1S/C15H17FN2O2S/c1-11-14(21-10-18-11)15(19)17-8-2-3-9-20-13-6-4-12(16)5-7-13/h4-7,10H,2-3,8-9H2,1H3,(H,17,19). The number of nitrogens with one attached hydrogen (secondary N) is 1. The SMILES string of the molecule is Cc1ncsc1C(=O)NCCCCOc1ccc(F)cc1. The first kappa shape index (κ1) is 15.4. The second-order valence-corrected chi connectivity index (χ2v) is 5.39. The Balaban J connectivity index is 1.59. The van der Waals surface area contributed by atoms with Crippen LogP contribution >= 0.6 is 11.3 Å². The van der Waals surface area contributed by atoms with E-state index >= 15 is 0 Å². The first-order valence-corrected chi connectivity index (χ1v) is 7.61. The number of amides is 1. The van der Waals surface area contributed by atoms with Gasteiger partial charge in [-0.2, -0.15) is 0 Å². The largest absolute Gasteiger partial charge is 0.494 e. The lowest BCUT2D eigenvalue weighted by Gasteiger charge is -2.07. The average Bonchev–Trinajstić information content (AvgIpc) is 2.90. The highest BCUT2D eigenvalue weighted by atomic mass is 32.1. The van der Waals surface area contributed by atoms with Crippen molar-refractivity contribution in [1.29, 1.82) is 0 Å². The Morgan fingerprint density at radius 1 is 1.33 bits per heavy atom. The molecule has 2 rings (SSSR count). The molecule has 21 heavy (non-hydrogen) atoms. The number of thiazole rings is 1. The number of ether oxygens (including phenoxy) is 1. The molecule has 1 aromatic carbocycles. The van der Waals surface area contributed by atoms with Gasteiger partial charge in [-0.05, 0) is 44.0 Å². The normalized spacial score (nSPS) is 10.4. The van der Waals surface area contributed by atoms with Gasteiger partial charge in [-0.1, -0.05) is 0 Å². The van der Waals surface area contributed by atoms with Crippen LogP contribution in [-0.2, 0) is 0 Å². The summed E-state index contributed by atoms with van der Waals surface area (Å²) in [5.41, 5.74) is 2.43. The Morgan fingerprint density at radius 3 is 2.76 bits per heavy atom. The third-order valence-corrected chi connectivity index (χ3v) is 3.82. The zero-order valence-corrected chi connectivity index (χ0v) is 12.6. The maximum absolute atomic E-state index is 12.7. The Kier molecular flexibility index (Phi) is 5.68. The van der Waals surface area contributed by atoms with Gasteiger partial charge < -0.3 is 10.1 Å². The number of aromatic nitrogens is 1. The molecule has 1 N–H and O–H groups in total. The summed E-state index contributed by atoms with van der Waals surface area (Å²) in [6.07, 6.45) is 1.64. The fourth-order valence-corrected chi connectivity index (χ4v) is 2.47. The van der Waals surface area contributed by atoms with E-state index in [2.05, 4.69) is 10.3 Å². The molecule has 0 aliphatic heterocycles. The van der Waals surface area contributed by atoms with E-state index < -0.39 is 0 Å². The van der Waals surface area contributed by atoms with Crippen LogP contribution in [0, 0.1) is 12.7 Å². The van der Waals surface area contributed by atoms with Crippen LogP contribution in [0.25, 0.3) is 0 Å². The lowest BCUT2D eigenvalue weighted by molar-refractivity contribution is 0.0955. The number of rotatable bonds is 7. The van der Waals surface area contributed by atoms with E-state index in [4.69, 9.17) is 4.74 Å². The summed E-state index contributed by atoms with van der Waals surface area (Å²) in [6, 6.07) is 5.94. The summed E-state index contributed by atoms with van der Waals surface area (Å²) in [5.74, 6) is 0.304. The van der Waals surface area contributed by atoms with Crippen LogP contribution in [0.3, 0.4) is 0 Å². The van der Waals surface area contributed by atoms with Crippen LogP contribution in [-0.4, -0.2) is 24.0 Å². The molecule has 0 atom stereocenters. The van der Waals surface area contributed by atoms with Crippen molar-refractivity contribution in [2.24, 2.45) is 0 Å². The van der Waals surface area contributed by atoms with Gasteiger partial charge in [-0.3, -0.25) is 4.79 Å². The van der Waals surface area contributed by atoms with Gasteiger partial charge >= 0.3 is 0 Å². The summed E-state index contributed by atoms with van der Waals surface area (Å²) in [7, 11) is 0. The number of benzene rings is 1. The van der Waals surface area contributed by atoms with Crippen LogP contribution in [0.4, 0.5) is 4.39 Å². The Labute approximate surface area is 127 Å². The number of nitrogens with zero attached hydrogens (tertiary/aromatic N) is 1. The topological polar surface area (TPSA) is 51.2 Å². The molecular weight excluding hydrogens is 291 g/mol. The zero-order chi connectivity index (χ0) is 15.1. The molecule has 1 heterocycles. The molecule has 0 radical (unpaired) electrons. The minimum atomic E-state index is -0.275. The molecule has 0 saturated heterocycles. The lowest BCUT2D eigenvalue weighted by Crippen LogP contribution is -2.24. The van der Waals surface area contributed by atoms with Crippen LogP contribution in [0.2, 0.25) is 0 Å². The minimum absolute atomic E-state index is 0.0746. The van der Waals surface area contributed by atoms with Crippen molar-refractivity contribution in [1.82, 2.24) is 10.3 Å². The van der Waals surface area contributed by atoms with Crippen LogP contribution in [0.1, 0.15) is 28.2 Å². The average molecular weight is 308 g/mol. The van der Waals surface area contributed by atoms with Gasteiger partial charge in [0.05, 0.1) is 17.8 Å². The molecule has 4 nitrogen and oxygen atoms in total. The predicted molar refractivity (Wildman–Crippen MR) is 80.3 cm³/mol. The van der Waals surface area contributed by atoms with Crippen molar-refractivity contribution in [3.05, 3.63) is 46.2 Å². The van der Waals surface area contributed by atoms with Gasteiger partial charge in [0.2, 0.25) is 0 Å². The van der Waals surface area contributed by atoms with E-state index in [-0.39, 0.29) is 11.7 Å². The molecule has 1 amide bonds. The number of hydrogen-bond acceptors (Lipinski definition) is 4. The van der Waals surface area contributed by atoms with Crippen molar-refractivity contribution < 1.29 is 13.9 Å². The molecule has 0 spiro atoms. The second kappa shape index (κ2) is 7.73. The third-order valence-electron chi connectivity index (χ3n) is 2.89. The smallest absolute Gasteiger partial charge is 0.263 e. The number of carbonyl (C=O) groups excluding carboxylic acids is 1. The molecule has 1 aromatic heterocycles. The minimum Gasteiger partial charge on any atom is -0.494 e. The van der Waals surface area contributed by atoms with E-state index in [0.29, 0.717) is 23.8 Å². The van der Waals surface area contributed by atoms with Crippen molar-refractivity contribution in [3.8, 4) is 5.75 Å². The Hall–Kier alpha value is -1.95. The first-order chi connectivity index (χ1) is 10.2. The molecule has 0 saturated carbocycles. The quantitative estimate of drug-likeness (QED) is 0.799. The highest BCUT2D eigenvalue weighted by Gasteiger charge is 2.10. The Bertz CT molecular complexity index is 584. The van der Waals surface area contributed by atoms with E-state index in [0.717, 1.165) is 18.5 Å². The molecule has 0 aliphatic rings. The third kappa shape index (κ3) is 4.82. The maximum Gasteiger partial charge on any atom is 0.263 e.